The van der Waals surface area contributed by atoms with E-state index < -0.39 is 28.1 Å². The minimum atomic E-state index is -1.11. The van der Waals surface area contributed by atoms with Crippen molar-refractivity contribution in [3.8, 4) is 11.5 Å². The Labute approximate surface area is 147 Å². The molecule has 0 radical (unpaired) electrons. The second-order valence-electron chi connectivity index (χ2n) is 5.62. The minimum Gasteiger partial charge on any atom is -0.494 e. The molecule has 140 valence electrons. The van der Waals surface area contributed by atoms with Gasteiger partial charge in [-0.25, -0.2) is 8.78 Å². The number of hydrogen-bond donors (Lipinski definition) is 1. The fourth-order valence-electron chi connectivity index (χ4n) is 2.28. The van der Waals surface area contributed by atoms with Crippen molar-refractivity contribution in [1.82, 2.24) is 0 Å². The van der Waals surface area contributed by atoms with Crippen molar-refractivity contribution >= 4 is 11.4 Å². The molecule has 0 aliphatic heterocycles. The van der Waals surface area contributed by atoms with E-state index in [0.29, 0.717) is 0 Å². The zero-order valence-corrected chi connectivity index (χ0v) is 14.3. The van der Waals surface area contributed by atoms with Crippen molar-refractivity contribution in [1.29, 1.82) is 0 Å². The molecule has 1 N–H and O–H groups in total. The summed E-state index contributed by atoms with van der Waals surface area (Å²) >= 11 is 0. The summed E-state index contributed by atoms with van der Waals surface area (Å²) in [6.45, 7) is 3.19. The van der Waals surface area contributed by atoms with Crippen LogP contribution in [0.3, 0.4) is 0 Å². The lowest BCUT2D eigenvalue weighted by molar-refractivity contribution is -0.387. The van der Waals surface area contributed by atoms with Crippen LogP contribution in [0.4, 0.5) is 24.5 Å². The fourth-order valence-corrected chi connectivity index (χ4v) is 2.28. The third kappa shape index (κ3) is 4.16. The molecule has 0 aromatic heterocycles. The number of methoxy groups -OCH3 is 1. The van der Waals surface area contributed by atoms with Crippen LogP contribution in [0.2, 0.25) is 0 Å². The molecule has 0 fully saturated rings. The number of nitro groups is 1. The van der Waals surface area contributed by atoms with Gasteiger partial charge in [0.1, 0.15) is 11.5 Å². The van der Waals surface area contributed by atoms with Gasteiger partial charge in [0, 0.05) is 18.7 Å². The molecular weight excluding hydrogens is 353 g/mol. The first kappa shape index (κ1) is 19.4. The van der Waals surface area contributed by atoms with Gasteiger partial charge in [-0.1, -0.05) is 0 Å². The van der Waals surface area contributed by atoms with Crippen LogP contribution in [0.5, 0.6) is 11.5 Å². The molecule has 26 heavy (non-hydrogen) atoms. The lowest BCUT2D eigenvalue weighted by Gasteiger charge is -2.17. The van der Waals surface area contributed by atoms with E-state index in [2.05, 4.69) is 5.32 Å². The van der Waals surface area contributed by atoms with E-state index in [-0.39, 0.29) is 35.4 Å². The Bertz CT molecular complexity index is 828. The number of ether oxygens (including phenoxy) is 2. The van der Waals surface area contributed by atoms with Crippen LogP contribution >= 0.6 is 0 Å². The molecule has 0 spiro atoms. The monoisotopic (exact) mass is 370 g/mol. The molecular formula is C17H17F3N2O4. The van der Waals surface area contributed by atoms with Gasteiger partial charge in [-0.3, -0.25) is 10.1 Å². The number of nitro benzene ring substituents is 1. The second-order valence-corrected chi connectivity index (χ2v) is 5.62. The van der Waals surface area contributed by atoms with E-state index in [4.69, 9.17) is 9.47 Å². The van der Waals surface area contributed by atoms with Crippen LogP contribution in [0, 0.1) is 27.6 Å². The van der Waals surface area contributed by atoms with Gasteiger partial charge in [0.2, 0.25) is 5.82 Å². The molecule has 2 rings (SSSR count). The number of benzene rings is 2. The van der Waals surface area contributed by atoms with Crippen molar-refractivity contribution in [3.05, 3.63) is 57.4 Å². The molecule has 0 unspecified atom stereocenters. The zero-order chi connectivity index (χ0) is 19.4. The van der Waals surface area contributed by atoms with Gasteiger partial charge in [0.25, 0.3) is 0 Å². The number of nitrogens with one attached hydrogen (secondary N) is 1. The summed E-state index contributed by atoms with van der Waals surface area (Å²) in [7, 11) is 1.25. The topological polar surface area (TPSA) is 73.6 Å². The maximum atomic E-state index is 14.2. The number of halogens is 3. The van der Waals surface area contributed by atoms with Crippen LogP contribution in [0.25, 0.3) is 0 Å². The highest BCUT2D eigenvalue weighted by Crippen LogP contribution is 2.33. The van der Waals surface area contributed by atoms with Crippen molar-refractivity contribution in [2.24, 2.45) is 0 Å². The van der Waals surface area contributed by atoms with Crippen LogP contribution in [-0.2, 0) is 6.54 Å². The Kier molecular flexibility index (Phi) is 5.91. The third-order valence-corrected chi connectivity index (χ3v) is 3.44. The SMILES string of the molecule is COc1cc(F)c([N+](=O)[O-])cc1NCc1c(OC(C)C)ccc(F)c1F. The first-order chi connectivity index (χ1) is 12.2. The Balaban J connectivity index is 2.38. The predicted molar refractivity (Wildman–Crippen MR) is 89.1 cm³/mol. The molecule has 0 saturated carbocycles. The fraction of sp³-hybridized carbons (Fsp3) is 0.294. The van der Waals surface area contributed by atoms with Gasteiger partial charge < -0.3 is 14.8 Å². The lowest BCUT2D eigenvalue weighted by Crippen LogP contribution is -2.12. The maximum absolute atomic E-state index is 14.2. The molecule has 2 aromatic rings. The molecule has 0 amide bonds. The van der Waals surface area contributed by atoms with E-state index in [0.717, 1.165) is 18.2 Å². The van der Waals surface area contributed by atoms with Crippen LogP contribution < -0.4 is 14.8 Å². The van der Waals surface area contributed by atoms with E-state index in [1.54, 1.807) is 13.8 Å². The maximum Gasteiger partial charge on any atom is 0.307 e. The van der Waals surface area contributed by atoms with Gasteiger partial charge in [-0.05, 0) is 26.0 Å². The van der Waals surface area contributed by atoms with Crippen molar-refractivity contribution in [3.63, 3.8) is 0 Å². The molecule has 0 aliphatic carbocycles. The highest BCUT2D eigenvalue weighted by atomic mass is 19.2. The van der Waals surface area contributed by atoms with Crippen LogP contribution in [0.15, 0.2) is 24.3 Å². The summed E-state index contributed by atoms with van der Waals surface area (Å²) in [4.78, 5) is 10.00. The lowest BCUT2D eigenvalue weighted by atomic mass is 10.1. The molecule has 0 bridgehead atoms. The Morgan fingerprint density at radius 1 is 1.15 bits per heavy atom. The number of rotatable bonds is 7. The molecule has 2 aromatic carbocycles. The van der Waals surface area contributed by atoms with Gasteiger partial charge in [0.15, 0.2) is 11.6 Å². The average Bonchev–Trinajstić information content (AvgIpc) is 2.57. The second kappa shape index (κ2) is 7.94. The van der Waals surface area contributed by atoms with Gasteiger partial charge in [-0.2, -0.15) is 4.39 Å². The molecule has 6 nitrogen and oxygen atoms in total. The van der Waals surface area contributed by atoms with Crippen molar-refractivity contribution < 1.29 is 27.6 Å². The van der Waals surface area contributed by atoms with E-state index in [1.165, 1.54) is 13.2 Å². The first-order valence-corrected chi connectivity index (χ1v) is 7.64. The smallest absolute Gasteiger partial charge is 0.307 e. The molecule has 9 heteroatoms. The van der Waals surface area contributed by atoms with Gasteiger partial charge in [-0.15, -0.1) is 0 Å². The van der Waals surface area contributed by atoms with E-state index in [1.807, 2.05) is 0 Å². The summed E-state index contributed by atoms with van der Waals surface area (Å²) in [6.07, 6.45) is -0.278. The summed E-state index contributed by atoms with van der Waals surface area (Å²) in [5.41, 5.74) is -0.820. The standard InChI is InChI=1S/C17H17F3N2O4/c1-9(2)26-15-5-4-11(18)17(20)10(15)8-21-13-7-14(22(23)24)12(19)6-16(13)25-3/h4-7,9,21H,8H2,1-3H3. The van der Waals surface area contributed by atoms with Gasteiger partial charge in [0.05, 0.1) is 29.4 Å². The minimum absolute atomic E-state index is 0.0174. The number of nitrogens with zero attached hydrogens (tertiary/aromatic N) is 1. The quantitative estimate of drug-likeness (QED) is 0.577. The van der Waals surface area contributed by atoms with Crippen LogP contribution in [-0.4, -0.2) is 18.1 Å². The normalized spacial score (nSPS) is 10.7. The molecule has 0 saturated heterocycles. The Morgan fingerprint density at radius 3 is 2.42 bits per heavy atom. The largest absolute Gasteiger partial charge is 0.494 e. The summed E-state index contributed by atoms with van der Waals surface area (Å²) in [5, 5.41) is 13.6. The average molecular weight is 370 g/mol. The first-order valence-electron chi connectivity index (χ1n) is 7.64. The Morgan fingerprint density at radius 2 is 1.85 bits per heavy atom. The predicted octanol–water partition coefficient (Wildman–Crippen LogP) is 4.42. The number of hydrogen-bond acceptors (Lipinski definition) is 5. The Hall–Kier alpha value is -2.97. The zero-order valence-electron chi connectivity index (χ0n) is 14.3. The van der Waals surface area contributed by atoms with Crippen molar-refractivity contribution in [2.45, 2.75) is 26.5 Å². The molecule has 0 aliphatic rings. The highest BCUT2D eigenvalue weighted by Gasteiger charge is 2.20. The van der Waals surface area contributed by atoms with E-state index >= 15 is 0 Å². The third-order valence-electron chi connectivity index (χ3n) is 3.44. The molecule has 0 atom stereocenters. The van der Waals surface area contributed by atoms with E-state index in [9.17, 15) is 23.3 Å². The molecule has 0 heterocycles. The highest BCUT2D eigenvalue weighted by molar-refractivity contribution is 5.62. The van der Waals surface area contributed by atoms with Crippen LogP contribution in [0.1, 0.15) is 19.4 Å². The van der Waals surface area contributed by atoms with Gasteiger partial charge >= 0.3 is 5.69 Å². The summed E-state index contributed by atoms with van der Waals surface area (Å²) in [5.74, 6) is -3.13. The summed E-state index contributed by atoms with van der Waals surface area (Å²) < 4.78 is 51.9. The van der Waals surface area contributed by atoms with Crippen molar-refractivity contribution in [2.75, 3.05) is 12.4 Å². The number of anilines is 1. The summed E-state index contributed by atoms with van der Waals surface area (Å²) in [6, 6.07) is 4.00.